The first-order valence-corrected chi connectivity index (χ1v) is 9.13. The van der Waals surface area contributed by atoms with Gasteiger partial charge in [-0.3, -0.25) is 4.79 Å². The smallest absolute Gasteiger partial charge is 0.243 e. The number of imidazole rings is 1. The highest BCUT2D eigenvalue weighted by Gasteiger charge is 2.11. The fraction of sp³-hybridized carbons (Fsp3) is 0.273. The number of hydrogen-bond donors (Lipinski definition) is 1. The number of carbonyl (C=O) groups is 1. The van der Waals surface area contributed by atoms with Crippen LogP contribution in [-0.4, -0.2) is 22.1 Å². The number of ether oxygens (including phenoxy) is 1. The van der Waals surface area contributed by atoms with Gasteiger partial charge in [0.25, 0.3) is 0 Å². The Morgan fingerprint density at radius 3 is 2.85 bits per heavy atom. The van der Waals surface area contributed by atoms with E-state index in [2.05, 4.69) is 41.4 Å². The first-order valence-electron chi connectivity index (χ1n) is 9.13. The van der Waals surface area contributed by atoms with Crippen LogP contribution in [0.3, 0.4) is 0 Å². The summed E-state index contributed by atoms with van der Waals surface area (Å²) in [5.41, 5.74) is 4.40. The fourth-order valence-electron chi connectivity index (χ4n) is 3.03. The van der Waals surface area contributed by atoms with Crippen LogP contribution in [0.1, 0.15) is 23.4 Å². The lowest BCUT2D eigenvalue weighted by molar-refractivity contribution is -0.116. The maximum atomic E-state index is 11.5. The van der Waals surface area contributed by atoms with Gasteiger partial charge in [-0.05, 0) is 55.7 Å². The maximum absolute atomic E-state index is 11.5. The fourth-order valence-corrected chi connectivity index (χ4v) is 3.03. The molecule has 3 aromatic rings. The maximum Gasteiger partial charge on any atom is 0.243 e. The molecule has 1 aromatic heterocycles. The van der Waals surface area contributed by atoms with Gasteiger partial charge in [0.1, 0.15) is 11.6 Å². The number of nitrogens with zero attached hydrogens (tertiary/aromatic N) is 2. The Morgan fingerprint density at radius 1 is 1.22 bits per heavy atom. The molecule has 0 bridgehead atoms. The highest BCUT2D eigenvalue weighted by molar-refractivity contribution is 5.86. The molecule has 0 saturated carbocycles. The van der Waals surface area contributed by atoms with E-state index in [4.69, 9.17) is 4.74 Å². The minimum absolute atomic E-state index is 0.202. The van der Waals surface area contributed by atoms with Gasteiger partial charge in [-0.2, -0.15) is 0 Å². The number of para-hydroxylation sites is 2. The minimum Gasteiger partial charge on any atom is -0.493 e. The summed E-state index contributed by atoms with van der Waals surface area (Å²) < 4.78 is 8.11. The third-order valence-corrected chi connectivity index (χ3v) is 4.68. The largest absolute Gasteiger partial charge is 0.493 e. The monoisotopic (exact) mass is 363 g/mol. The van der Waals surface area contributed by atoms with Gasteiger partial charge in [-0.25, -0.2) is 4.98 Å². The summed E-state index contributed by atoms with van der Waals surface area (Å²) in [6, 6.07) is 14.1. The van der Waals surface area contributed by atoms with Crippen LogP contribution in [0.25, 0.3) is 11.0 Å². The lowest BCUT2D eigenvalue weighted by atomic mass is 10.1. The molecule has 1 amide bonds. The van der Waals surface area contributed by atoms with Gasteiger partial charge in [0, 0.05) is 6.54 Å². The Kier molecular flexibility index (Phi) is 5.91. The zero-order valence-electron chi connectivity index (χ0n) is 15.9. The highest BCUT2D eigenvalue weighted by Crippen LogP contribution is 2.21. The molecule has 5 heteroatoms. The predicted molar refractivity (Wildman–Crippen MR) is 108 cm³/mol. The molecule has 0 aliphatic carbocycles. The molecule has 0 spiro atoms. The van der Waals surface area contributed by atoms with E-state index in [1.54, 1.807) is 0 Å². The van der Waals surface area contributed by atoms with Gasteiger partial charge in [0.2, 0.25) is 5.91 Å². The van der Waals surface area contributed by atoms with Crippen LogP contribution in [0.4, 0.5) is 0 Å². The second-order valence-electron chi connectivity index (χ2n) is 6.49. The number of amides is 1. The third kappa shape index (κ3) is 4.37. The molecule has 27 heavy (non-hydrogen) atoms. The van der Waals surface area contributed by atoms with Crippen molar-refractivity contribution in [3.8, 4) is 5.75 Å². The van der Waals surface area contributed by atoms with Crippen LogP contribution >= 0.6 is 0 Å². The van der Waals surface area contributed by atoms with Crippen LogP contribution in [-0.2, 0) is 17.9 Å². The van der Waals surface area contributed by atoms with Crippen molar-refractivity contribution in [1.29, 1.82) is 0 Å². The SMILES string of the molecule is C=CC(=O)NCc1nc2ccccc2n1CCCOc1cccc(C)c1C. The van der Waals surface area contributed by atoms with Crippen LogP contribution in [0.15, 0.2) is 55.1 Å². The molecule has 1 N–H and O–H groups in total. The van der Waals surface area contributed by atoms with E-state index < -0.39 is 0 Å². The summed E-state index contributed by atoms with van der Waals surface area (Å²) in [7, 11) is 0. The summed E-state index contributed by atoms with van der Waals surface area (Å²) in [5, 5.41) is 2.81. The molecule has 140 valence electrons. The Hall–Kier alpha value is -3.08. The number of nitrogens with one attached hydrogen (secondary N) is 1. The summed E-state index contributed by atoms with van der Waals surface area (Å²) >= 11 is 0. The van der Waals surface area contributed by atoms with Crippen molar-refractivity contribution in [2.75, 3.05) is 6.61 Å². The summed E-state index contributed by atoms with van der Waals surface area (Å²) in [4.78, 5) is 16.2. The van der Waals surface area contributed by atoms with E-state index in [-0.39, 0.29) is 5.91 Å². The Balaban J connectivity index is 1.68. The van der Waals surface area contributed by atoms with Crippen molar-refractivity contribution >= 4 is 16.9 Å². The normalized spacial score (nSPS) is 10.7. The number of rotatable bonds is 8. The number of fused-ring (bicyclic) bond motifs is 1. The molecule has 3 rings (SSSR count). The highest BCUT2D eigenvalue weighted by atomic mass is 16.5. The number of benzene rings is 2. The number of hydrogen-bond acceptors (Lipinski definition) is 3. The van der Waals surface area contributed by atoms with Gasteiger partial charge >= 0.3 is 0 Å². The molecule has 0 radical (unpaired) electrons. The molecule has 0 fully saturated rings. The van der Waals surface area contributed by atoms with Gasteiger partial charge < -0.3 is 14.6 Å². The topological polar surface area (TPSA) is 56.2 Å². The molecule has 0 atom stereocenters. The average Bonchev–Trinajstić information content (AvgIpc) is 3.04. The van der Waals surface area contributed by atoms with Crippen molar-refractivity contribution < 1.29 is 9.53 Å². The molecule has 5 nitrogen and oxygen atoms in total. The summed E-state index contributed by atoms with van der Waals surface area (Å²) in [6.07, 6.45) is 2.11. The van der Waals surface area contributed by atoms with E-state index in [0.717, 1.165) is 35.6 Å². The van der Waals surface area contributed by atoms with Crippen LogP contribution in [0.5, 0.6) is 5.75 Å². The van der Waals surface area contributed by atoms with E-state index in [0.29, 0.717) is 13.2 Å². The first kappa shape index (κ1) is 18.7. The van der Waals surface area contributed by atoms with Gasteiger partial charge in [-0.1, -0.05) is 30.8 Å². The van der Waals surface area contributed by atoms with Crippen molar-refractivity contribution in [2.45, 2.75) is 33.4 Å². The van der Waals surface area contributed by atoms with Gasteiger partial charge in [0.15, 0.2) is 0 Å². The average molecular weight is 363 g/mol. The molecule has 0 aliphatic heterocycles. The van der Waals surface area contributed by atoms with Crippen molar-refractivity contribution in [3.63, 3.8) is 0 Å². The zero-order valence-corrected chi connectivity index (χ0v) is 15.9. The molecule has 2 aromatic carbocycles. The van der Waals surface area contributed by atoms with E-state index in [1.807, 2.05) is 36.4 Å². The number of aryl methyl sites for hydroxylation is 2. The second kappa shape index (κ2) is 8.54. The van der Waals surface area contributed by atoms with E-state index >= 15 is 0 Å². The molecular weight excluding hydrogens is 338 g/mol. The van der Waals surface area contributed by atoms with Crippen molar-refractivity contribution in [3.05, 3.63) is 72.1 Å². The summed E-state index contributed by atoms with van der Waals surface area (Å²) in [5.74, 6) is 1.56. The number of aromatic nitrogens is 2. The van der Waals surface area contributed by atoms with Crippen LogP contribution < -0.4 is 10.1 Å². The molecule has 1 heterocycles. The van der Waals surface area contributed by atoms with Gasteiger partial charge in [-0.15, -0.1) is 0 Å². The third-order valence-electron chi connectivity index (χ3n) is 4.68. The summed E-state index contributed by atoms with van der Waals surface area (Å²) in [6.45, 7) is 9.41. The Bertz CT molecular complexity index is 959. The minimum atomic E-state index is -0.202. The molecular formula is C22H25N3O2. The quantitative estimate of drug-likeness (QED) is 0.487. The van der Waals surface area contributed by atoms with E-state index in [9.17, 15) is 4.79 Å². The number of carbonyl (C=O) groups excluding carboxylic acids is 1. The predicted octanol–water partition coefficient (Wildman–Crippen LogP) is 3.92. The lowest BCUT2D eigenvalue weighted by Gasteiger charge is -2.12. The van der Waals surface area contributed by atoms with Gasteiger partial charge in [0.05, 0.1) is 24.2 Å². The zero-order chi connectivity index (χ0) is 19.2. The molecule has 0 unspecified atom stereocenters. The lowest BCUT2D eigenvalue weighted by Crippen LogP contribution is -2.22. The Labute approximate surface area is 159 Å². The van der Waals surface area contributed by atoms with E-state index in [1.165, 1.54) is 17.2 Å². The second-order valence-corrected chi connectivity index (χ2v) is 6.49. The van der Waals surface area contributed by atoms with Crippen LogP contribution in [0, 0.1) is 13.8 Å². The van der Waals surface area contributed by atoms with Crippen molar-refractivity contribution in [1.82, 2.24) is 14.9 Å². The van der Waals surface area contributed by atoms with Crippen molar-refractivity contribution in [2.24, 2.45) is 0 Å². The molecule has 0 aliphatic rings. The Morgan fingerprint density at radius 2 is 2.04 bits per heavy atom. The first-order chi connectivity index (χ1) is 13.1. The molecule has 0 saturated heterocycles. The van der Waals surface area contributed by atoms with Crippen LogP contribution in [0.2, 0.25) is 0 Å². The standard InChI is InChI=1S/C22H25N3O2/c1-4-22(26)23-15-21-24-18-10-5-6-11-19(18)25(21)13-8-14-27-20-12-7-9-16(2)17(20)3/h4-7,9-12H,1,8,13-15H2,2-3H3,(H,23,26).